The van der Waals surface area contributed by atoms with E-state index in [0.29, 0.717) is 11.3 Å². The van der Waals surface area contributed by atoms with Crippen LogP contribution in [0.5, 0.6) is 5.75 Å². The molecule has 6 nitrogen and oxygen atoms in total. The smallest absolute Gasteiger partial charge is 0 e. The minimum atomic E-state index is 0. The van der Waals surface area contributed by atoms with Crippen molar-refractivity contribution in [2.45, 2.75) is 0 Å². The summed E-state index contributed by atoms with van der Waals surface area (Å²) in [6, 6.07) is 7.00. The molecule has 0 aliphatic heterocycles. The topological polar surface area (TPSA) is 95.2 Å². The van der Waals surface area contributed by atoms with Gasteiger partial charge in [-0.15, -0.1) is 0 Å². The van der Waals surface area contributed by atoms with E-state index in [1.165, 1.54) is 7.11 Å². The van der Waals surface area contributed by atoms with E-state index in [0.717, 1.165) is 6.29 Å². The summed E-state index contributed by atoms with van der Waals surface area (Å²) in [7, 11) is 1.53. The molecule has 0 heterocycles. The van der Waals surface area contributed by atoms with E-state index in [4.69, 9.17) is 23.4 Å². The quantitative estimate of drug-likeness (QED) is 0.363. The Balaban J connectivity index is -0.000000142. The van der Waals surface area contributed by atoms with Crippen molar-refractivity contribution in [2.24, 2.45) is 0 Å². The largest absolute Gasteiger partial charge is 0 e. The predicted molar refractivity (Wildman–Crippen MR) is 56.1 cm³/mol. The molecule has 0 saturated heterocycles. The molecule has 0 atom stereocenters. The number of aldehydes is 1. The van der Waals surface area contributed by atoms with Gasteiger partial charge in [-0.05, 0) is 12.1 Å². The number of methoxy groups -OCH3 is 1. The Labute approximate surface area is 122 Å². The standard InChI is InChI=1S/C9H10O3.3CO.Cr/c1-11-7-12-9-5-3-2-4-8(9)6-10;3*1-2;/h2-6H,7H2,1H3;;;;. The average molecular weight is 302 g/mol. The SMILES string of the molecule is COCOc1ccccc1C=O.[C-]#[O+].[C-]#[O+].[C-]#[O+].[Cr]. The molecule has 0 aliphatic rings. The maximum atomic E-state index is 10.5. The molecule has 0 saturated carbocycles. The van der Waals surface area contributed by atoms with Gasteiger partial charge in [-0.1, -0.05) is 12.1 Å². The predicted octanol–water partition coefficient (Wildman–Crippen LogP) is 1.37. The van der Waals surface area contributed by atoms with Crippen LogP contribution >= 0.6 is 0 Å². The van der Waals surface area contributed by atoms with Gasteiger partial charge in [0.05, 0.1) is 5.56 Å². The molecular formula is C12H10CrO6. The molecule has 1 rings (SSSR count). The summed E-state index contributed by atoms with van der Waals surface area (Å²) in [5.41, 5.74) is 0.537. The normalized spacial score (nSPS) is 6.26. The van der Waals surface area contributed by atoms with Crippen molar-refractivity contribution >= 4 is 6.29 Å². The molecule has 1 aromatic carbocycles. The van der Waals surface area contributed by atoms with E-state index in [-0.39, 0.29) is 24.2 Å². The van der Waals surface area contributed by atoms with Crippen LogP contribution in [0, 0.1) is 20.0 Å². The van der Waals surface area contributed by atoms with Crippen molar-refractivity contribution in [1.29, 1.82) is 0 Å². The second kappa shape index (κ2) is 25.3. The van der Waals surface area contributed by atoms with Crippen LogP contribution in [0.2, 0.25) is 0 Å². The number of carbonyl (C=O) groups is 1. The first kappa shape index (κ1) is 26.1. The molecule has 19 heavy (non-hydrogen) atoms. The van der Waals surface area contributed by atoms with E-state index in [1.807, 2.05) is 0 Å². The molecule has 0 bridgehead atoms. The first-order chi connectivity index (χ1) is 8.88. The molecule has 0 radical (unpaired) electrons. The average Bonchev–Trinajstić information content (AvgIpc) is 2.51. The van der Waals surface area contributed by atoms with Gasteiger partial charge in [-0.25, -0.2) is 0 Å². The van der Waals surface area contributed by atoms with E-state index in [1.54, 1.807) is 24.3 Å². The maximum absolute atomic E-state index is 10.5. The number of carbonyl (C=O) groups excluding carboxylic acids is 1. The molecule has 7 heteroatoms. The number of hydrogen-bond donors (Lipinski definition) is 0. The second-order valence-electron chi connectivity index (χ2n) is 2.21. The molecular weight excluding hydrogens is 292 g/mol. The van der Waals surface area contributed by atoms with Crippen LogP contribution in [-0.4, -0.2) is 20.2 Å². The Morgan fingerprint density at radius 3 is 2.00 bits per heavy atom. The molecule has 0 aliphatic carbocycles. The van der Waals surface area contributed by atoms with E-state index >= 15 is 0 Å². The van der Waals surface area contributed by atoms with Crippen LogP contribution < -0.4 is 4.74 Å². The number of benzene rings is 1. The molecule has 0 N–H and O–H groups in total. The Hall–Kier alpha value is -1.60. The second-order valence-corrected chi connectivity index (χ2v) is 2.21. The zero-order valence-electron chi connectivity index (χ0n) is 9.95. The van der Waals surface area contributed by atoms with Gasteiger partial charge < -0.3 is 9.47 Å². The molecule has 100 valence electrons. The van der Waals surface area contributed by atoms with Gasteiger partial charge >= 0.3 is 33.9 Å². The zero-order valence-corrected chi connectivity index (χ0v) is 11.2. The molecule has 1 aromatic rings. The summed E-state index contributed by atoms with van der Waals surface area (Å²) in [6.45, 7) is 13.7. The number of ether oxygens (including phenoxy) is 2. The van der Waals surface area contributed by atoms with Crippen LogP contribution in [-0.2, 0) is 36.1 Å². The van der Waals surface area contributed by atoms with Crippen molar-refractivity contribution in [1.82, 2.24) is 0 Å². The summed E-state index contributed by atoms with van der Waals surface area (Å²) < 4.78 is 32.3. The molecule has 0 fully saturated rings. The first-order valence-corrected chi connectivity index (χ1v) is 4.15. The van der Waals surface area contributed by atoms with Crippen molar-refractivity contribution in [3.8, 4) is 5.75 Å². The van der Waals surface area contributed by atoms with Crippen LogP contribution in [0.25, 0.3) is 0 Å². The fraction of sp³-hybridized carbons (Fsp3) is 0.167. The van der Waals surface area contributed by atoms with E-state index in [2.05, 4.69) is 20.0 Å². The van der Waals surface area contributed by atoms with Crippen LogP contribution in [0.1, 0.15) is 10.4 Å². The summed E-state index contributed by atoms with van der Waals surface area (Å²) in [6.07, 6.45) is 0.755. The van der Waals surface area contributed by atoms with Gasteiger partial charge in [-0.2, -0.15) is 0 Å². The van der Waals surface area contributed by atoms with Crippen LogP contribution in [0.15, 0.2) is 24.3 Å². The van der Waals surface area contributed by atoms with Crippen molar-refractivity contribution < 1.29 is 45.6 Å². The van der Waals surface area contributed by atoms with Gasteiger partial charge in [-0.3, -0.25) is 4.79 Å². The number of para-hydroxylation sites is 1. The monoisotopic (exact) mass is 302 g/mol. The minimum absolute atomic E-state index is 0. The van der Waals surface area contributed by atoms with Crippen LogP contribution in [0.3, 0.4) is 0 Å². The van der Waals surface area contributed by atoms with Crippen molar-refractivity contribution in [3.05, 3.63) is 49.8 Å². The third-order valence-electron chi connectivity index (χ3n) is 1.38. The fourth-order valence-corrected chi connectivity index (χ4v) is 0.832. The summed E-state index contributed by atoms with van der Waals surface area (Å²) in [5.74, 6) is 0.550. The first-order valence-electron chi connectivity index (χ1n) is 4.15. The number of hydrogen-bond acceptors (Lipinski definition) is 3. The third-order valence-corrected chi connectivity index (χ3v) is 1.38. The Bertz CT molecular complexity index is 358. The summed E-state index contributed by atoms with van der Waals surface area (Å²) >= 11 is 0. The molecule has 0 amide bonds. The van der Waals surface area contributed by atoms with E-state index < -0.39 is 0 Å². The maximum Gasteiger partial charge on any atom is 0 e. The minimum Gasteiger partial charge on any atom is 0 e. The van der Waals surface area contributed by atoms with Crippen molar-refractivity contribution in [2.75, 3.05) is 13.9 Å². The Morgan fingerprint density at radius 2 is 1.58 bits per heavy atom. The van der Waals surface area contributed by atoms with Crippen LogP contribution in [0.4, 0.5) is 0 Å². The summed E-state index contributed by atoms with van der Waals surface area (Å²) in [4.78, 5) is 10.5. The van der Waals surface area contributed by atoms with Gasteiger partial charge in [0.25, 0.3) is 0 Å². The molecule has 0 aromatic heterocycles. The van der Waals surface area contributed by atoms with E-state index in [9.17, 15) is 4.79 Å². The number of rotatable bonds is 4. The Morgan fingerprint density at radius 1 is 1.11 bits per heavy atom. The molecule has 0 unspecified atom stereocenters. The van der Waals surface area contributed by atoms with Crippen molar-refractivity contribution in [3.63, 3.8) is 0 Å². The molecule has 0 spiro atoms. The summed E-state index contributed by atoms with van der Waals surface area (Å²) in [5, 5.41) is 0. The van der Waals surface area contributed by atoms with Gasteiger partial charge in [0.15, 0.2) is 13.1 Å². The fourth-order valence-electron chi connectivity index (χ4n) is 0.832. The Kier molecular flexibility index (Phi) is 34.7. The zero-order chi connectivity index (χ0) is 14.8. The van der Waals surface area contributed by atoms with Gasteiger partial charge in [0, 0.05) is 24.5 Å². The van der Waals surface area contributed by atoms with Gasteiger partial charge in [0.2, 0.25) is 0 Å². The van der Waals surface area contributed by atoms with Gasteiger partial charge in [0.1, 0.15) is 5.75 Å². The third kappa shape index (κ3) is 14.3.